The Hall–Kier alpha value is -3.24. The van der Waals surface area contributed by atoms with Crippen molar-refractivity contribution in [3.8, 4) is 5.88 Å². The number of sulfonamides is 1. The summed E-state index contributed by atoms with van der Waals surface area (Å²) in [5, 5.41) is 0.986. The first-order valence-corrected chi connectivity index (χ1v) is 11.3. The standard InChI is InChI=1S/C21H17ClF2N4O3S/c1-31-21-19(9-13(22)10-27-21)32(29,30)28-17-5-4-16(23)15(20(17)24)3-2-14-8-12-6-7-25-18(12)11-26-14/h4-11,25,28H,2-3H2,1H3. The number of rotatable bonds is 7. The molecule has 4 rings (SSSR count). The smallest absolute Gasteiger partial charge is 0.267 e. The number of fused-ring (bicyclic) bond motifs is 1. The Balaban J connectivity index is 1.61. The van der Waals surface area contributed by atoms with Gasteiger partial charge in [-0.15, -0.1) is 0 Å². The zero-order valence-corrected chi connectivity index (χ0v) is 18.3. The van der Waals surface area contributed by atoms with E-state index in [4.69, 9.17) is 16.3 Å². The predicted octanol–water partition coefficient (Wildman–Crippen LogP) is 4.48. The van der Waals surface area contributed by atoms with Gasteiger partial charge in [-0.05, 0) is 43.2 Å². The van der Waals surface area contributed by atoms with Gasteiger partial charge in [0.15, 0.2) is 10.7 Å². The predicted molar refractivity (Wildman–Crippen MR) is 116 cm³/mol. The molecule has 0 unspecified atom stereocenters. The third kappa shape index (κ3) is 4.37. The highest BCUT2D eigenvalue weighted by atomic mass is 35.5. The average molecular weight is 479 g/mol. The van der Waals surface area contributed by atoms with Crippen molar-refractivity contribution in [2.24, 2.45) is 0 Å². The highest BCUT2D eigenvalue weighted by Crippen LogP contribution is 2.29. The van der Waals surface area contributed by atoms with Gasteiger partial charge in [-0.1, -0.05) is 11.6 Å². The topological polar surface area (TPSA) is 97.0 Å². The van der Waals surface area contributed by atoms with E-state index in [1.54, 1.807) is 12.4 Å². The number of methoxy groups -OCH3 is 1. The number of aromatic nitrogens is 3. The number of aromatic amines is 1. The van der Waals surface area contributed by atoms with Gasteiger partial charge in [0.1, 0.15) is 5.82 Å². The molecule has 0 spiro atoms. The molecule has 0 radical (unpaired) electrons. The maximum atomic E-state index is 15.1. The maximum absolute atomic E-state index is 15.1. The fourth-order valence-corrected chi connectivity index (χ4v) is 4.67. The number of nitrogens with zero attached hydrogens (tertiary/aromatic N) is 2. The van der Waals surface area contributed by atoms with E-state index in [0.717, 1.165) is 29.1 Å². The van der Waals surface area contributed by atoms with Crippen LogP contribution in [0.1, 0.15) is 11.3 Å². The van der Waals surface area contributed by atoms with Crippen molar-refractivity contribution in [2.45, 2.75) is 17.7 Å². The van der Waals surface area contributed by atoms with Crippen LogP contribution < -0.4 is 9.46 Å². The molecule has 0 aliphatic carbocycles. The fourth-order valence-electron chi connectivity index (χ4n) is 3.25. The van der Waals surface area contributed by atoms with Crippen LogP contribution in [0.2, 0.25) is 5.02 Å². The van der Waals surface area contributed by atoms with Crippen LogP contribution in [0.4, 0.5) is 14.5 Å². The van der Waals surface area contributed by atoms with Crippen molar-refractivity contribution in [3.05, 3.63) is 76.8 Å². The molecule has 3 aromatic heterocycles. The average Bonchev–Trinajstić information content (AvgIpc) is 3.23. The SMILES string of the molecule is COc1ncc(Cl)cc1S(=O)(=O)Nc1ccc(F)c(CCc2cc3cc[nH]c3cn2)c1F. The van der Waals surface area contributed by atoms with Crippen molar-refractivity contribution < 1.29 is 21.9 Å². The van der Waals surface area contributed by atoms with Gasteiger partial charge < -0.3 is 9.72 Å². The van der Waals surface area contributed by atoms with E-state index in [1.165, 1.54) is 13.3 Å². The molecule has 2 N–H and O–H groups in total. The Morgan fingerprint density at radius 2 is 1.94 bits per heavy atom. The number of H-pyrrole nitrogens is 1. The molecule has 1 aromatic carbocycles. The minimum absolute atomic E-state index is 0.0157. The minimum atomic E-state index is -4.32. The van der Waals surface area contributed by atoms with Gasteiger partial charge in [-0.3, -0.25) is 9.71 Å². The second-order valence-electron chi connectivity index (χ2n) is 6.89. The number of ether oxygens (including phenoxy) is 1. The van der Waals surface area contributed by atoms with Crippen molar-refractivity contribution in [1.29, 1.82) is 0 Å². The number of benzene rings is 1. The largest absolute Gasteiger partial charge is 0.480 e. The van der Waals surface area contributed by atoms with Crippen LogP contribution in [0, 0.1) is 11.6 Å². The Labute approximate surface area is 187 Å². The summed E-state index contributed by atoms with van der Waals surface area (Å²) in [4.78, 5) is 10.7. The lowest BCUT2D eigenvalue weighted by Gasteiger charge is -2.14. The van der Waals surface area contributed by atoms with Gasteiger partial charge in [-0.25, -0.2) is 22.2 Å². The monoisotopic (exact) mass is 478 g/mol. The first-order valence-electron chi connectivity index (χ1n) is 9.40. The third-order valence-electron chi connectivity index (χ3n) is 4.82. The number of hydrogen-bond donors (Lipinski definition) is 2. The van der Waals surface area contributed by atoms with E-state index in [2.05, 4.69) is 19.7 Å². The van der Waals surface area contributed by atoms with Crippen LogP contribution in [-0.4, -0.2) is 30.5 Å². The summed E-state index contributed by atoms with van der Waals surface area (Å²) in [6, 6.07) is 6.84. The fraction of sp³-hybridized carbons (Fsp3) is 0.143. The van der Waals surface area contributed by atoms with Gasteiger partial charge in [-0.2, -0.15) is 0 Å². The molecule has 0 amide bonds. The van der Waals surface area contributed by atoms with Crippen LogP contribution in [0.5, 0.6) is 5.88 Å². The van der Waals surface area contributed by atoms with E-state index in [9.17, 15) is 12.8 Å². The van der Waals surface area contributed by atoms with E-state index in [0.29, 0.717) is 5.69 Å². The number of halogens is 3. The lowest BCUT2D eigenvalue weighted by molar-refractivity contribution is 0.385. The van der Waals surface area contributed by atoms with Crippen LogP contribution >= 0.6 is 11.6 Å². The van der Waals surface area contributed by atoms with Crippen molar-refractivity contribution in [2.75, 3.05) is 11.8 Å². The number of pyridine rings is 2. The highest BCUT2D eigenvalue weighted by Gasteiger charge is 2.24. The zero-order chi connectivity index (χ0) is 22.9. The second-order valence-corrected chi connectivity index (χ2v) is 8.98. The van der Waals surface area contributed by atoms with Gasteiger partial charge >= 0.3 is 0 Å². The molecular formula is C21H17ClF2N4O3S. The molecule has 0 saturated carbocycles. The molecule has 32 heavy (non-hydrogen) atoms. The molecule has 11 heteroatoms. The summed E-state index contributed by atoms with van der Waals surface area (Å²) in [6.07, 6.45) is 4.88. The molecule has 0 bridgehead atoms. The van der Waals surface area contributed by atoms with Crippen LogP contribution in [-0.2, 0) is 22.9 Å². The van der Waals surface area contributed by atoms with E-state index < -0.39 is 27.3 Å². The summed E-state index contributed by atoms with van der Waals surface area (Å²) in [5.41, 5.74) is 0.847. The number of anilines is 1. The van der Waals surface area contributed by atoms with E-state index in [-0.39, 0.29) is 34.2 Å². The molecular weight excluding hydrogens is 462 g/mol. The third-order valence-corrected chi connectivity index (χ3v) is 6.39. The number of hydrogen-bond acceptors (Lipinski definition) is 5. The van der Waals surface area contributed by atoms with Crippen LogP contribution in [0.15, 0.2) is 53.8 Å². The zero-order valence-electron chi connectivity index (χ0n) is 16.7. The summed E-state index contributed by atoms with van der Waals surface area (Å²) in [5.74, 6) is -2.00. The molecule has 0 aliphatic rings. The van der Waals surface area contributed by atoms with Crippen molar-refractivity contribution in [3.63, 3.8) is 0 Å². The van der Waals surface area contributed by atoms with E-state index >= 15 is 4.39 Å². The molecule has 0 fully saturated rings. The quantitative estimate of drug-likeness (QED) is 0.408. The number of aryl methyl sites for hydroxylation is 1. The first kappa shape index (κ1) is 22.0. The molecule has 0 aliphatic heterocycles. The summed E-state index contributed by atoms with van der Waals surface area (Å²) >= 11 is 5.85. The minimum Gasteiger partial charge on any atom is -0.480 e. The summed E-state index contributed by atoms with van der Waals surface area (Å²) in [6.45, 7) is 0. The molecule has 3 heterocycles. The summed E-state index contributed by atoms with van der Waals surface area (Å²) in [7, 11) is -3.08. The molecule has 166 valence electrons. The Morgan fingerprint density at radius 1 is 1.12 bits per heavy atom. The first-order chi connectivity index (χ1) is 15.3. The summed E-state index contributed by atoms with van der Waals surface area (Å²) < 4.78 is 62.1. The molecule has 7 nitrogen and oxygen atoms in total. The lowest BCUT2D eigenvalue weighted by atomic mass is 10.1. The van der Waals surface area contributed by atoms with Gasteiger partial charge in [0.2, 0.25) is 5.88 Å². The van der Waals surface area contributed by atoms with Crippen molar-refractivity contribution >= 4 is 38.2 Å². The van der Waals surface area contributed by atoms with Crippen LogP contribution in [0.25, 0.3) is 10.9 Å². The second kappa shape index (κ2) is 8.71. The number of nitrogens with one attached hydrogen (secondary N) is 2. The van der Waals surface area contributed by atoms with Gasteiger partial charge in [0.05, 0.1) is 29.5 Å². The van der Waals surface area contributed by atoms with Crippen LogP contribution in [0.3, 0.4) is 0 Å². The Bertz CT molecular complexity index is 1410. The Morgan fingerprint density at radius 3 is 2.72 bits per heavy atom. The lowest BCUT2D eigenvalue weighted by Crippen LogP contribution is -2.16. The Kier molecular flexibility index (Phi) is 5.98. The highest BCUT2D eigenvalue weighted by molar-refractivity contribution is 7.92. The van der Waals surface area contributed by atoms with Gasteiger partial charge in [0, 0.05) is 29.0 Å². The van der Waals surface area contributed by atoms with E-state index in [1.807, 2.05) is 12.1 Å². The normalized spacial score (nSPS) is 11.6. The molecule has 4 aromatic rings. The molecule has 0 atom stereocenters. The van der Waals surface area contributed by atoms with Gasteiger partial charge in [0.25, 0.3) is 10.0 Å². The van der Waals surface area contributed by atoms with Crippen molar-refractivity contribution in [1.82, 2.24) is 15.0 Å². The maximum Gasteiger partial charge on any atom is 0.267 e. The molecule has 0 saturated heterocycles.